The zero-order valence-corrected chi connectivity index (χ0v) is 12.9. The molecule has 1 aromatic heterocycles. The van der Waals surface area contributed by atoms with Gasteiger partial charge in [0.1, 0.15) is 0 Å². The molecular weight excluding hydrogens is 296 g/mol. The van der Waals surface area contributed by atoms with E-state index < -0.39 is 0 Å². The van der Waals surface area contributed by atoms with Crippen molar-refractivity contribution in [3.05, 3.63) is 70.4 Å². The molecule has 0 saturated carbocycles. The van der Waals surface area contributed by atoms with Crippen LogP contribution in [-0.2, 0) is 0 Å². The lowest BCUT2D eigenvalue weighted by atomic mass is 10.0. The van der Waals surface area contributed by atoms with Crippen LogP contribution in [0.4, 0.5) is 11.4 Å². The molecule has 3 N–H and O–H groups in total. The molecule has 2 aromatic carbocycles. The molecule has 2 nitrogen and oxygen atoms in total. The van der Waals surface area contributed by atoms with Crippen molar-refractivity contribution in [1.82, 2.24) is 0 Å². The molecule has 1 aliphatic rings. The summed E-state index contributed by atoms with van der Waals surface area (Å²) in [6.45, 7) is 0. The molecule has 0 aliphatic carbocycles. The summed E-state index contributed by atoms with van der Waals surface area (Å²) in [5.41, 5.74) is 11.0. The number of para-hydroxylation sites is 1. The van der Waals surface area contributed by atoms with Gasteiger partial charge in [0, 0.05) is 9.79 Å². The van der Waals surface area contributed by atoms with E-state index in [1.807, 2.05) is 0 Å². The molecule has 1 unspecified atom stereocenters. The van der Waals surface area contributed by atoms with Gasteiger partial charge in [-0.15, -0.1) is 0 Å². The third kappa shape index (κ3) is 2.35. The van der Waals surface area contributed by atoms with Crippen LogP contribution in [0.15, 0.2) is 69.1 Å². The molecule has 0 fully saturated rings. The van der Waals surface area contributed by atoms with E-state index in [9.17, 15) is 0 Å². The number of nitrogens with two attached hydrogens (primary N) is 1. The average Bonchev–Trinajstić information content (AvgIpc) is 3.06. The van der Waals surface area contributed by atoms with Gasteiger partial charge in [-0.05, 0) is 52.2 Å². The highest BCUT2D eigenvalue weighted by molar-refractivity contribution is 7.99. The maximum absolute atomic E-state index is 6.36. The van der Waals surface area contributed by atoms with Crippen LogP contribution in [-0.4, -0.2) is 0 Å². The second-order valence-electron chi connectivity index (χ2n) is 5.01. The number of rotatable bonds is 2. The van der Waals surface area contributed by atoms with Crippen molar-refractivity contribution in [3.63, 3.8) is 0 Å². The fourth-order valence-corrected chi connectivity index (χ4v) is 4.16. The Morgan fingerprint density at radius 2 is 1.76 bits per heavy atom. The molecule has 104 valence electrons. The second-order valence-corrected chi connectivity index (χ2v) is 6.88. The zero-order valence-electron chi connectivity index (χ0n) is 11.2. The number of nitrogens with one attached hydrogen (secondary N) is 1. The first-order valence-electron chi connectivity index (χ1n) is 6.77. The maximum atomic E-state index is 6.36. The van der Waals surface area contributed by atoms with Crippen molar-refractivity contribution in [2.75, 3.05) is 5.32 Å². The minimum Gasteiger partial charge on any atom is -0.354 e. The van der Waals surface area contributed by atoms with Gasteiger partial charge in [-0.1, -0.05) is 30.0 Å². The van der Waals surface area contributed by atoms with Crippen LogP contribution in [0.5, 0.6) is 0 Å². The third-order valence-electron chi connectivity index (χ3n) is 3.64. The summed E-state index contributed by atoms with van der Waals surface area (Å²) >= 11 is 3.48. The molecule has 1 atom stereocenters. The van der Waals surface area contributed by atoms with Crippen molar-refractivity contribution in [3.8, 4) is 0 Å². The Labute approximate surface area is 132 Å². The van der Waals surface area contributed by atoms with Gasteiger partial charge in [-0.2, -0.15) is 11.3 Å². The highest BCUT2D eigenvalue weighted by atomic mass is 32.2. The van der Waals surface area contributed by atoms with Crippen molar-refractivity contribution in [2.45, 2.75) is 15.8 Å². The molecule has 2 heterocycles. The summed E-state index contributed by atoms with van der Waals surface area (Å²) in [5, 5.41) is 7.69. The number of hydrogen-bond donors (Lipinski definition) is 2. The van der Waals surface area contributed by atoms with Gasteiger partial charge in [0.2, 0.25) is 0 Å². The Hall–Kier alpha value is -1.75. The van der Waals surface area contributed by atoms with Crippen LogP contribution in [0, 0.1) is 0 Å². The summed E-state index contributed by atoms with van der Waals surface area (Å²) in [6.07, 6.45) is 0. The summed E-state index contributed by atoms with van der Waals surface area (Å²) in [4.78, 5) is 2.51. The molecular formula is C17H14N2S2. The number of thiophene rings is 1. The van der Waals surface area contributed by atoms with E-state index >= 15 is 0 Å². The Bertz CT molecular complexity index is 781. The highest BCUT2D eigenvalue weighted by Crippen LogP contribution is 2.44. The van der Waals surface area contributed by atoms with Crippen LogP contribution in [0.1, 0.15) is 17.2 Å². The fraction of sp³-hybridized carbons (Fsp3) is 0.0588. The van der Waals surface area contributed by atoms with Crippen molar-refractivity contribution < 1.29 is 0 Å². The van der Waals surface area contributed by atoms with E-state index in [1.165, 1.54) is 15.4 Å². The Morgan fingerprint density at radius 3 is 2.62 bits per heavy atom. The van der Waals surface area contributed by atoms with Crippen molar-refractivity contribution in [1.29, 1.82) is 0 Å². The van der Waals surface area contributed by atoms with Gasteiger partial charge in [-0.25, -0.2) is 0 Å². The average molecular weight is 310 g/mol. The lowest BCUT2D eigenvalue weighted by Crippen LogP contribution is -2.11. The highest BCUT2D eigenvalue weighted by Gasteiger charge is 2.17. The number of fused-ring (bicyclic) bond motifs is 2. The summed E-state index contributed by atoms with van der Waals surface area (Å²) < 4.78 is 0. The third-order valence-corrected chi connectivity index (χ3v) is 5.49. The van der Waals surface area contributed by atoms with E-state index in [0.717, 1.165) is 16.9 Å². The van der Waals surface area contributed by atoms with E-state index in [-0.39, 0.29) is 6.04 Å². The van der Waals surface area contributed by atoms with Crippen LogP contribution in [0.3, 0.4) is 0 Å². The quantitative estimate of drug-likeness (QED) is 0.547. The standard InChI is InChI=1S/C17H14N2S2/c18-17(12-7-8-20-10-12)11-5-6-16-14(9-11)19-13-3-1-2-4-15(13)21-16/h1-10,17,19H,18H2. The van der Waals surface area contributed by atoms with Crippen LogP contribution < -0.4 is 11.1 Å². The molecule has 0 bridgehead atoms. The molecule has 0 radical (unpaired) electrons. The van der Waals surface area contributed by atoms with Crippen LogP contribution in [0.25, 0.3) is 0 Å². The first-order valence-corrected chi connectivity index (χ1v) is 8.53. The van der Waals surface area contributed by atoms with Gasteiger partial charge < -0.3 is 11.1 Å². The molecule has 4 rings (SSSR count). The number of benzene rings is 2. The number of anilines is 2. The monoisotopic (exact) mass is 310 g/mol. The molecule has 21 heavy (non-hydrogen) atoms. The molecule has 1 aliphatic heterocycles. The van der Waals surface area contributed by atoms with E-state index in [2.05, 4.69) is 64.6 Å². The van der Waals surface area contributed by atoms with Gasteiger partial charge in [0.15, 0.2) is 0 Å². The Kier molecular flexibility index (Phi) is 3.22. The zero-order chi connectivity index (χ0) is 14.2. The summed E-state index contributed by atoms with van der Waals surface area (Å²) in [5.74, 6) is 0. The molecule has 3 aromatic rings. The lowest BCUT2D eigenvalue weighted by Gasteiger charge is -2.22. The Morgan fingerprint density at radius 1 is 0.905 bits per heavy atom. The van der Waals surface area contributed by atoms with Crippen LogP contribution in [0.2, 0.25) is 0 Å². The largest absolute Gasteiger partial charge is 0.354 e. The van der Waals surface area contributed by atoms with E-state index in [4.69, 9.17) is 5.73 Å². The molecule has 4 heteroatoms. The van der Waals surface area contributed by atoms with E-state index in [1.54, 1.807) is 23.1 Å². The van der Waals surface area contributed by atoms with Gasteiger partial charge in [0.25, 0.3) is 0 Å². The van der Waals surface area contributed by atoms with Gasteiger partial charge in [-0.3, -0.25) is 0 Å². The maximum Gasteiger partial charge on any atom is 0.0560 e. The predicted octanol–water partition coefficient (Wildman–Crippen LogP) is 5.00. The molecule has 0 saturated heterocycles. The summed E-state index contributed by atoms with van der Waals surface area (Å²) in [7, 11) is 0. The lowest BCUT2D eigenvalue weighted by molar-refractivity contribution is 0.875. The van der Waals surface area contributed by atoms with Gasteiger partial charge >= 0.3 is 0 Å². The number of hydrogen-bond acceptors (Lipinski definition) is 4. The Balaban J connectivity index is 1.70. The topological polar surface area (TPSA) is 38.0 Å². The molecule has 0 spiro atoms. The summed E-state index contributed by atoms with van der Waals surface area (Å²) in [6, 6.07) is 16.8. The van der Waals surface area contributed by atoms with E-state index in [0.29, 0.717) is 0 Å². The first kappa shape index (κ1) is 13.0. The predicted molar refractivity (Wildman–Crippen MR) is 90.6 cm³/mol. The minimum atomic E-state index is -0.0643. The SMILES string of the molecule is NC(c1ccsc1)c1ccc2c(c1)Nc1ccccc1S2. The normalized spacial score (nSPS) is 14.0. The minimum absolute atomic E-state index is 0.0643. The van der Waals surface area contributed by atoms with Crippen molar-refractivity contribution in [2.24, 2.45) is 5.73 Å². The van der Waals surface area contributed by atoms with Gasteiger partial charge in [0.05, 0.1) is 17.4 Å². The van der Waals surface area contributed by atoms with Crippen molar-refractivity contribution >= 4 is 34.5 Å². The first-order chi connectivity index (χ1) is 10.3. The smallest absolute Gasteiger partial charge is 0.0560 e. The van der Waals surface area contributed by atoms with Crippen LogP contribution >= 0.6 is 23.1 Å². The second kappa shape index (κ2) is 5.22. The fourth-order valence-electron chi connectivity index (χ4n) is 2.49. The molecule has 0 amide bonds.